The maximum atomic E-state index is 13.7. The summed E-state index contributed by atoms with van der Waals surface area (Å²) in [4.78, 5) is 37.1. The number of hydrogen-bond donors (Lipinski definition) is 0. The molecule has 1 fully saturated rings. The lowest BCUT2D eigenvalue weighted by molar-refractivity contribution is -0.153. The fourth-order valence-corrected chi connectivity index (χ4v) is 5.49. The molecule has 2 heterocycles. The molecule has 0 radical (unpaired) electrons. The third-order valence-electron chi connectivity index (χ3n) is 5.50. The zero-order valence-electron chi connectivity index (χ0n) is 20.5. The molecule has 0 saturated carbocycles. The molecule has 2 aliphatic rings. The molecule has 1 atom stereocenters. The van der Waals surface area contributed by atoms with Crippen molar-refractivity contribution >= 4 is 33.7 Å². The third kappa shape index (κ3) is 5.67. The number of sulfonamides is 1. The van der Waals surface area contributed by atoms with Crippen LogP contribution in [0.15, 0.2) is 47.4 Å². The van der Waals surface area contributed by atoms with Crippen molar-refractivity contribution in [2.45, 2.75) is 43.8 Å². The summed E-state index contributed by atoms with van der Waals surface area (Å²) in [5.41, 5.74) is 0.154. The molecule has 0 bridgehead atoms. The lowest BCUT2D eigenvalue weighted by atomic mass is 10.1. The quantitative estimate of drug-likeness (QED) is 0.517. The van der Waals surface area contributed by atoms with Crippen LogP contribution in [-0.2, 0) is 35.5 Å². The smallest absolute Gasteiger partial charge is 0.417 e. The number of carbonyl (C=O) groups is 3. The van der Waals surface area contributed by atoms with Gasteiger partial charge in [0.05, 0.1) is 41.7 Å². The van der Waals surface area contributed by atoms with E-state index >= 15 is 0 Å². The lowest BCUT2D eigenvalue weighted by Gasteiger charge is -2.36. The average Bonchev–Trinajstić information content (AvgIpc) is 3.14. The number of rotatable bonds is 6. The minimum atomic E-state index is -4.21. The van der Waals surface area contributed by atoms with E-state index in [0.717, 1.165) is 9.21 Å². The number of nitrogens with zero attached hydrogens (tertiary/aromatic N) is 3. The van der Waals surface area contributed by atoms with E-state index < -0.39 is 39.7 Å². The van der Waals surface area contributed by atoms with Gasteiger partial charge in [0.15, 0.2) is 6.61 Å². The fraction of sp³-hybridized carbons (Fsp3) is 0.360. The second-order valence-electron chi connectivity index (χ2n) is 9.54. The van der Waals surface area contributed by atoms with Gasteiger partial charge in [-0.15, -0.1) is 0 Å². The number of esters is 1. The first-order valence-corrected chi connectivity index (χ1v) is 12.8. The van der Waals surface area contributed by atoms with Crippen LogP contribution < -0.4 is 9.04 Å². The number of cyclic esters (lactones) is 1. The number of hydrogen-bond acceptors (Lipinski definition) is 9. The average molecular weight is 528 g/mol. The molecule has 0 spiro atoms. The van der Waals surface area contributed by atoms with Crippen LogP contribution in [-0.4, -0.2) is 62.7 Å². The van der Waals surface area contributed by atoms with Gasteiger partial charge in [0.25, 0.3) is 15.9 Å². The van der Waals surface area contributed by atoms with Crippen molar-refractivity contribution in [3.05, 3.63) is 53.6 Å². The molecule has 12 heteroatoms. The van der Waals surface area contributed by atoms with Crippen LogP contribution in [0.5, 0.6) is 5.75 Å². The van der Waals surface area contributed by atoms with Crippen molar-refractivity contribution in [1.82, 2.24) is 4.90 Å². The van der Waals surface area contributed by atoms with E-state index in [4.69, 9.17) is 14.2 Å². The molecule has 1 saturated heterocycles. The summed E-state index contributed by atoms with van der Waals surface area (Å²) >= 11 is 0. The Labute approximate surface area is 214 Å². The van der Waals surface area contributed by atoms with Gasteiger partial charge < -0.3 is 14.2 Å². The Bertz CT molecular complexity index is 1390. The first-order chi connectivity index (χ1) is 17.4. The maximum absolute atomic E-state index is 13.7. The Morgan fingerprint density at radius 3 is 2.59 bits per heavy atom. The second-order valence-corrected chi connectivity index (χ2v) is 11.4. The number of benzene rings is 2. The Kier molecular flexibility index (Phi) is 6.84. The summed E-state index contributed by atoms with van der Waals surface area (Å²) in [5, 5.41) is 9.24. The Balaban J connectivity index is 1.71. The fourth-order valence-electron chi connectivity index (χ4n) is 3.95. The van der Waals surface area contributed by atoms with E-state index in [2.05, 4.69) is 0 Å². The molecule has 0 aromatic heterocycles. The van der Waals surface area contributed by atoms with Gasteiger partial charge in [-0.05, 0) is 56.7 Å². The minimum absolute atomic E-state index is 0.0973. The van der Waals surface area contributed by atoms with Crippen LogP contribution in [0.2, 0.25) is 0 Å². The Morgan fingerprint density at radius 2 is 1.95 bits per heavy atom. The number of amides is 2. The minimum Gasteiger partial charge on any atom is -0.484 e. The lowest BCUT2D eigenvalue weighted by Crippen LogP contribution is -2.49. The molecule has 0 aliphatic carbocycles. The highest BCUT2D eigenvalue weighted by Gasteiger charge is 2.39. The topological polar surface area (TPSA) is 143 Å². The second kappa shape index (κ2) is 9.74. The summed E-state index contributed by atoms with van der Waals surface area (Å²) in [5.74, 6) is -0.850. The first kappa shape index (κ1) is 26.0. The SMILES string of the molecule is CC(C)(C)OC(=O)Cc1ccc2c(c1)N(S(=O)(=O)c1cccc(C#N)c1)C[C@H](CN1C(=O)COC1=O)O2. The third-order valence-corrected chi connectivity index (χ3v) is 7.28. The van der Waals surface area contributed by atoms with Crippen molar-refractivity contribution < 1.29 is 37.0 Å². The Morgan fingerprint density at radius 1 is 1.19 bits per heavy atom. The molecule has 37 heavy (non-hydrogen) atoms. The summed E-state index contributed by atoms with van der Waals surface area (Å²) in [6.07, 6.45) is -1.82. The van der Waals surface area contributed by atoms with Crippen molar-refractivity contribution in [3.8, 4) is 11.8 Å². The largest absolute Gasteiger partial charge is 0.484 e. The highest BCUT2D eigenvalue weighted by molar-refractivity contribution is 7.92. The number of carbonyl (C=O) groups excluding carboxylic acids is 3. The molecule has 0 unspecified atom stereocenters. The van der Waals surface area contributed by atoms with Crippen LogP contribution in [0.4, 0.5) is 10.5 Å². The molecule has 11 nitrogen and oxygen atoms in total. The molecule has 2 amide bonds. The van der Waals surface area contributed by atoms with Gasteiger partial charge in [0.2, 0.25) is 0 Å². The van der Waals surface area contributed by atoms with Crippen LogP contribution in [0.1, 0.15) is 31.9 Å². The number of anilines is 1. The summed E-state index contributed by atoms with van der Waals surface area (Å²) in [7, 11) is -4.21. The number of imide groups is 1. The highest BCUT2D eigenvalue weighted by Crippen LogP contribution is 2.38. The molecule has 2 aromatic rings. The van der Waals surface area contributed by atoms with Crippen molar-refractivity contribution in [1.29, 1.82) is 5.26 Å². The standard InChI is InChI=1S/C25H25N3O8S/c1-25(2,3)36-23(30)11-16-7-8-21-20(10-16)28(37(32,33)19-6-4-5-17(9-19)12-26)14-18(35-21)13-27-22(29)15-34-24(27)31/h4-10,18H,11,13-15H2,1-3H3/t18-/m0/s1. The van der Waals surface area contributed by atoms with E-state index in [1.807, 2.05) is 6.07 Å². The Hall–Kier alpha value is -4.11. The van der Waals surface area contributed by atoms with Crippen LogP contribution >= 0.6 is 0 Å². The predicted octanol–water partition coefficient (Wildman–Crippen LogP) is 2.38. The summed E-state index contributed by atoms with van der Waals surface area (Å²) in [6.45, 7) is 4.39. The molecule has 2 aromatic carbocycles. The normalized spacial score (nSPS) is 17.5. The van der Waals surface area contributed by atoms with E-state index in [1.54, 1.807) is 26.8 Å². The van der Waals surface area contributed by atoms with E-state index in [1.165, 1.54) is 36.4 Å². The molecule has 0 N–H and O–H groups in total. The van der Waals surface area contributed by atoms with Gasteiger partial charge in [0.1, 0.15) is 17.5 Å². The monoisotopic (exact) mass is 527 g/mol. The van der Waals surface area contributed by atoms with Crippen molar-refractivity contribution in [3.63, 3.8) is 0 Å². The first-order valence-electron chi connectivity index (χ1n) is 11.4. The molecule has 194 valence electrons. The number of nitriles is 1. The zero-order chi connectivity index (χ0) is 27.0. The maximum Gasteiger partial charge on any atom is 0.417 e. The molecule has 2 aliphatic heterocycles. The van der Waals surface area contributed by atoms with E-state index in [9.17, 15) is 28.1 Å². The molecule has 4 rings (SSSR count). The molecular formula is C25H25N3O8S. The van der Waals surface area contributed by atoms with Crippen LogP contribution in [0, 0.1) is 11.3 Å². The predicted molar refractivity (Wildman–Crippen MR) is 129 cm³/mol. The van der Waals surface area contributed by atoms with Gasteiger partial charge in [-0.3, -0.25) is 13.9 Å². The van der Waals surface area contributed by atoms with Gasteiger partial charge in [-0.1, -0.05) is 12.1 Å². The summed E-state index contributed by atoms with van der Waals surface area (Å²) < 4.78 is 44.7. The number of ether oxygens (including phenoxy) is 3. The summed E-state index contributed by atoms with van der Waals surface area (Å²) in [6, 6.07) is 12.2. The number of fused-ring (bicyclic) bond motifs is 1. The highest BCUT2D eigenvalue weighted by atomic mass is 32.2. The van der Waals surface area contributed by atoms with Gasteiger partial charge in [-0.2, -0.15) is 5.26 Å². The van der Waals surface area contributed by atoms with Gasteiger partial charge in [-0.25, -0.2) is 18.1 Å². The van der Waals surface area contributed by atoms with E-state index in [0.29, 0.717) is 5.56 Å². The van der Waals surface area contributed by atoms with Crippen molar-refractivity contribution in [2.75, 3.05) is 24.0 Å². The van der Waals surface area contributed by atoms with E-state index in [-0.39, 0.29) is 48.0 Å². The van der Waals surface area contributed by atoms with Crippen LogP contribution in [0.3, 0.4) is 0 Å². The zero-order valence-corrected chi connectivity index (χ0v) is 21.3. The van der Waals surface area contributed by atoms with Gasteiger partial charge >= 0.3 is 12.1 Å². The molecular weight excluding hydrogens is 502 g/mol. The van der Waals surface area contributed by atoms with Gasteiger partial charge in [0, 0.05) is 0 Å². The van der Waals surface area contributed by atoms with Crippen LogP contribution in [0.25, 0.3) is 0 Å². The van der Waals surface area contributed by atoms with Crippen molar-refractivity contribution in [2.24, 2.45) is 0 Å².